The number of hydrogen-bond acceptors (Lipinski definition) is 3. The van der Waals surface area contributed by atoms with Gasteiger partial charge in [0.1, 0.15) is 0 Å². The molecular formula is C9H13NO2S. The molecule has 1 heterocycles. The zero-order valence-electron chi connectivity index (χ0n) is 7.49. The maximum atomic E-state index is 10.4. The van der Waals surface area contributed by atoms with Gasteiger partial charge in [-0.25, -0.2) is 0 Å². The van der Waals surface area contributed by atoms with Gasteiger partial charge in [-0.2, -0.15) is 0 Å². The lowest BCUT2D eigenvalue weighted by molar-refractivity contribution is -0.137. The van der Waals surface area contributed by atoms with E-state index in [0.717, 1.165) is 11.3 Å². The first-order valence-corrected chi connectivity index (χ1v) is 5.01. The fourth-order valence-corrected chi connectivity index (χ4v) is 2.03. The van der Waals surface area contributed by atoms with Crippen molar-refractivity contribution in [2.45, 2.75) is 25.8 Å². The smallest absolute Gasteiger partial charge is 0.305 e. The van der Waals surface area contributed by atoms with Gasteiger partial charge in [0.15, 0.2) is 0 Å². The molecule has 1 atom stereocenters. The summed E-state index contributed by atoms with van der Waals surface area (Å²) in [6.07, 6.45) is 0.980. The minimum Gasteiger partial charge on any atom is -0.481 e. The van der Waals surface area contributed by atoms with Crippen LogP contribution in [0.1, 0.15) is 29.1 Å². The van der Waals surface area contributed by atoms with E-state index in [1.54, 1.807) is 11.3 Å². The molecule has 0 fully saturated rings. The highest BCUT2D eigenvalue weighted by molar-refractivity contribution is 7.12. The average Bonchev–Trinajstić information content (AvgIpc) is 2.50. The summed E-state index contributed by atoms with van der Waals surface area (Å²) in [5.74, 6) is -0.848. The molecule has 0 bridgehead atoms. The van der Waals surface area contributed by atoms with Crippen LogP contribution >= 0.6 is 11.3 Å². The number of hydrogen-bond donors (Lipinski definition) is 2. The second kappa shape index (κ2) is 4.39. The van der Waals surface area contributed by atoms with E-state index in [-0.39, 0.29) is 12.5 Å². The van der Waals surface area contributed by atoms with Crippen molar-refractivity contribution in [3.8, 4) is 0 Å². The summed E-state index contributed by atoms with van der Waals surface area (Å²) in [5, 5.41) is 8.53. The van der Waals surface area contributed by atoms with Crippen molar-refractivity contribution in [3.63, 3.8) is 0 Å². The molecule has 72 valence electrons. The lowest BCUT2D eigenvalue weighted by Gasteiger charge is -2.04. The van der Waals surface area contributed by atoms with Crippen LogP contribution in [0.2, 0.25) is 0 Å². The molecule has 0 aliphatic rings. The largest absolute Gasteiger partial charge is 0.481 e. The molecule has 1 aromatic heterocycles. The van der Waals surface area contributed by atoms with Crippen molar-refractivity contribution in [1.82, 2.24) is 0 Å². The predicted molar refractivity (Wildman–Crippen MR) is 52.9 cm³/mol. The van der Waals surface area contributed by atoms with Crippen LogP contribution in [0, 0.1) is 0 Å². The zero-order valence-corrected chi connectivity index (χ0v) is 8.30. The summed E-state index contributed by atoms with van der Waals surface area (Å²) in [5.41, 5.74) is 5.69. The van der Waals surface area contributed by atoms with Crippen molar-refractivity contribution >= 4 is 17.3 Å². The second-order valence-electron chi connectivity index (χ2n) is 2.86. The number of nitrogens with two attached hydrogens (primary N) is 1. The van der Waals surface area contributed by atoms with E-state index in [9.17, 15) is 4.79 Å². The van der Waals surface area contributed by atoms with E-state index in [1.165, 1.54) is 4.88 Å². The van der Waals surface area contributed by atoms with Crippen LogP contribution in [-0.2, 0) is 11.2 Å². The normalized spacial score (nSPS) is 12.8. The van der Waals surface area contributed by atoms with E-state index < -0.39 is 5.97 Å². The van der Waals surface area contributed by atoms with E-state index in [0.29, 0.717) is 0 Å². The van der Waals surface area contributed by atoms with E-state index in [1.807, 2.05) is 12.1 Å². The molecule has 0 saturated heterocycles. The number of aryl methyl sites for hydroxylation is 1. The maximum absolute atomic E-state index is 10.4. The van der Waals surface area contributed by atoms with Gasteiger partial charge in [-0.05, 0) is 18.6 Å². The summed E-state index contributed by atoms with van der Waals surface area (Å²) in [4.78, 5) is 12.6. The number of carboxylic acids is 1. The van der Waals surface area contributed by atoms with Crippen LogP contribution in [0.5, 0.6) is 0 Å². The Morgan fingerprint density at radius 2 is 2.38 bits per heavy atom. The van der Waals surface area contributed by atoms with Gasteiger partial charge in [0.05, 0.1) is 6.42 Å². The van der Waals surface area contributed by atoms with Gasteiger partial charge in [-0.1, -0.05) is 6.92 Å². The summed E-state index contributed by atoms with van der Waals surface area (Å²) < 4.78 is 0. The third-order valence-electron chi connectivity index (χ3n) is 1.79. The van der Waals surface area contributed by atoms with Crippen molar-refractivity contribution in [2.24, 2.45) is 5.73 Å². The Morgan fingerprint density at radius 1 is 1.69 bits per heavy atom. The Bertz CT molecular complexity index is 296. The fraction of sp³-hybridized carbons (Fsp3) is 0.444. The Kier molecular flexibility index (Phi) is 3.45. The van der Waals surface area contributed by atoms with E-state index in [4.69, 9.17) is 10.8 Å². The zero-order chi connectivity index (χ0) is 9.84. The van der Waals surface area contributed by atoms with Gasteiger partial charge in [0.2, 0.25) is 0 Å². The molecule has 4 heteroatoms. The first kappa shape index (κ1) is 10.2. The molecule has 1 rings (SSSR count). The SMILES string of the molecule is CCc1ccc(C(N)CC(=O)O)s1. The third-order valence-corrected chi connectivity index (χ3v) is 3.15. The van der Waals surface area contributed by atoms with Crippen molar-refractivity contribution in [2.75, 3.05) is 0 Å². The lowest BCUT2D eigenvalue weighted by atomic mass is 10.2. The molecular weight excluding hydrogens is 186 g/mol. The molecule has 0 amide bonds. The first-order chi connectivity index (χ1) is 6.13. The van der Waals surface area contributed by atoms with Crippen LogP contribution in [0.3, 0.4) is 0 Å². The quantitative estimate of drug-likeness (QED) is 0.777. The number of thiophene rings is 1. The Labute approximate surface area is 81.2 Å². The Morgan fingerprint density at radius 3 is 2.85 bits per heavy atom. The van der Waals surface area contributed by atoms with Gasteiger partial charge < -0.3 is 10.8 Å². The van der Waals surface area contributed by atoms with Crippen LogP contribution in [0.25, 0.3) is 0 Å². The summed E-state index contributed by atoms with van der Waals surface area (Å²) >= 11 is 1.59. The molecule has 0 radical (unpaired) electrons. The highest BCUT2D eigenvalue weighted by Crippen LogP contribution is 2.23. The maximum Gasteiger partial charge on any atom is 0.305 e. The number of carbonyl (C=O) groups is 1. The van der Waals surface area contributed by atoms with E-state index in [2.05, 4.69) is 6.92 Å². The highest BCUT2D eigenvalue weighted by atomic mass is 32.1. The van der Waals surface area contributed by atoms with Crippen molar-refractivity contribution in [3.05, 3.63) is 21.9 Å². The summed E-state index contributed by atoms with van der Waals surface area (Å²) in [6, 6.07) is 3.56. The molecule has 0 aliphatic carbocycles. The monoisotopic (exact) mass is 199 g/mol. The number of carboxylic acid groups (broad SMARTS) is 1. The minimum absolute atomic E-state index is 0.00364. The Balaban J connectivity index is 2.65. The third kappa shape index (κ3) is 2.82. The molecule has 0 spiro atoms. The molecule has 0 saturated carbocycles. The van der Waals surface area contributed by atoms with Crippen LogP contribution in [-0.4, -0.2) is 11.1 Å². The summed E-state index contributed by atoms with van der Waals surface area (Å²) in [6.45, 7) is 2.07. The van der Waals surface area contributed by atoms with Crippen molar-refractivity contribution in [1.29, 1.82) is 0 Å². The lowest BCUT2D eigenvalue weighted by Crippen LogP contribution is -2.13. The molecule has 3 nitrogen and oxygen atoms in total. The summed E-state index contributed by atoms with van der Waals surface area (Å²) in [7, 11) is 0. The van der Waals surface area contributed by atoms with Gasteiger partial charge >= 0.3 is 5.97 Å². The predicted octanol–water partition coefficient (Wildman–Crippen LogP) is 1.78. The first-order valence-electron chi connectivity index (χ1n) is 4.19. The molecule has 1 unspecified atom stereocenters. The van der Waals surface area contributed by atoms with Gasteiger partial charge in [-0.15, -0.1) is 11.3 Å². The average molecular weight is 199 g/mol. The molecule has 0 aliphatic heterocycles. The van der Waals surface area contributed by atoms with Crippen LogP contribution in [0.4, 0.5) is 0 Å². The van der Waals surface area contributed by atoms with Gasteiger partial charge in [-0.3, -0.25) is 4.79 Å². The molecule has 0 aromatic carbocycles. The highest BCUT2D eigenvalue weighted by Gasteiger charge is 2.12. The Hall–Kier alpha value is -0.870. The van der Waals surface area contributed by atoms with Gasteiger partial charge in [0.25, 0.3) is 0 Å². The number of rotatable bonds is 4. The minimum atomic E-state index is -0.848. The molecule has 3 N–H and O–H groups in total. The number of aliphatic carboxylic acids is 1. The molecule has 1 aromatic rings. The van der Waals surface area contributed by atoms with Crippen LogP contribution < -0.4 is 5.73 Å². The van der Waals surface area contributed by atoms with Gasteiger partial charge in [0, 0.05) is 15.8 Å². The standard InChI is InChI=1S/C9H13NO2S/c1-2-6-3-4-8(13-6)7(10)5-9(11)12/h3-4,7H,2,5,10H2,1H3,(H,11,12). The molecule has 13 heavy (non-hydrogen) atoms. The van der Waals surface area contributed by atoms with Crippen molar-refractivity contribution < 1.29 is 9.90 Å². The fourth-order valence-electron chi connectivity index (χ4n) is 1.07. The van der Waals surface area contributed by atoms with Crippen LogP contribution in [0.15, 0.2) is 12.1 Å². The second-order valence-corrected chi connectivity index (χ2v) is 4.06. The van der Waals surface area contributed by atoms with E-state index >= 15 is 0 Å². The topological polar surface area (TPSA) is 63.3 Å².